The summed E-state index contributed by atoms with van der Waals surface area (Å²) in [7, 11) is 0. The van der Waals surface area contributed by atoms with Gasteiger partial charge in [0, 0.05) is 12.1 Å². The first kappa shape index (κ1) is 12.5. The van der Waals surface area contributed by atoms with Crippen molar-refractivity contribution in [1.82, 2.24) is 0 Å². The predicted molar refractivity (Wildman–Crippen MR) is 62.3 cm³/mol. The zero-order chi connectivity index (χ0) is 12.2. The third kappa shape index (κ3) is 4.31. The van der Waals surface area contributed by atoms with Gasteiger partial charge in [-0.1, -0.05) is 32.9 Å². The second kappa shape index (κ2) is 4.99. The van der Waals surface area contributed by atoms with Crippen molar-refractivity contribution in [2.75, 3.05) is 0 Å². The van der Waals surface area contributed by atoms with Crippen LogP contribution in [0.4, 0.5) is 5.69 Å². The summed E-state index contributed by atoms with van der Waals surface area (Å²) >= 11 is 0. The Labute approximate surface area is 95.8 Å². The fraction of sp³-hybridized carbons (Fsp3) is 0.417. The van der Waals surface area contributed by atoms with Crippen LogP contribution in [0.1, 0.15) is 26.3 Å². The van der Waals surface area contributed by atoms with Gasteiger partial charge in [-0.05, 0) is 17.7 Å². The first-order chi connectivity index (χ1) is 7.40. The topological polar surface area (TPSA) is 70.7 Å². The standard InChI is InChI=1S/C12H18N2O2/c1-12(2,3)16-11(15)14-10-6-4-9(8-13)5-7-10/h4-7H,8,13H2,1-3H3,(H,14,15)/p-1. The minimum absolute atomic E-state index is 0.479. The Balaban J connectivity index is 2.74. The van der Waals surface area contributed by atoms with E-state index in [1.807, 2.05) is 12.1 Å². The SMILES string of the molecule is CC(C)(C)OC([O-])=Nc1ccc(CN)cc1. The summed E-state index contributed by atoms with van der Waals surface area (Å²) in [6, 6.07) is 7.16. The van der Waals surface area contributed by atoms with Gasteiger partial charge < -0.3 is 15.6 Å². The molecule has 2 N–H and O–H groups in total. The lowest BCUT2D eigenvalue weighted by Gasteiger charge is -2.29. The van der Waals surface area contributed by atoms with Crippen LogP contribution >= 0.6 is 0 Å². The Bertz CT molecular complexity index is 364. The van der Waals surface area contributed by atoms with Gasteiger partial charge in [0.1, 0.15) is 0 Å². The molecular formula is C12H17N2O2-. The van der Waals surface area contributed by atoms with Crippen LogP contribution in [0.15, 0.2) is 29.3 Å². The lowest BCUT2D eigenvalue weighted by atomic mass is 10.2. The van der Waals surface area contributed by atoms with Crippen LogP contribution in [0.3, 0.4) is 0 Å². The van der Waals surface area contributed by atoms with Crippen molar-refractivity contribution in [3.8, 4) is 0 Å². The van der Waals surface area contributed by atoms with E-state index >= 15 is 0 Å². The number of rotatable bonds is 2. The highest BCUT2D eigenvalue weighted by atomic mass is 16.6. The second-order valence-electron chi connectivity index (χ2n) is 4.46. The molecule has 0 radical (unpaired) electrons. The molecule has 0 aliphatic rings. The number of benzene rings is 1. The molecular weight excluding hydrogens is 204 g/mol. The molecule has 4 nitrogen and oxygen atoms in total. The van der Waals surface area contributed by atoms with Crippen molar-refractivity contribution in [2.24, 2.45) is 10.7 Å². The van der Waals surface area contributed by atoms with Crippen LogP contribution < -0.4 is 10.8 Å². The fourth-order valence-electron chi connectivity index (χ4n) is 1.10. The summed E-state index contributed by atoms with van der Waals surface area (Å²) in [4.78, 5) is 3.82. The monoisotopic (exact) mass is 221 g/mol. The Morgan fingerprint density at radius 2 is 1.88 bits per heavy atom. The molecule has 4 heteroatoms. The Morgan fingerprint density at radius 1 is 1.31 bits per heavy atom. The molecule has 16 heavy (non-hydrogen) atoms. The average Bonchev–Trinajstić information content (AvgIpc) is 2.16. The largest absolute Gasteiger partial charge is 0.594 e. The quantitative estimate of drug-likeness (QED) is 0.604. The number of nitrogens with two attached hydrogens (primary N) is 1. The highest BCUT2D eigenvalue weighted by Gasteiger charge is 2.04. The highest BCUT2D eigenvalue weighted by Crippen LogP contribution is 2.14. The van der Waals surface area contributed by atoms with E-state index in [2.05, 4.69) is 4.99 Å². The number of ether oxygens (including phenoxy) is 1. The van der Waals surface area contributed by atoms with Crippen LogP contribution in [-0.4, -0.2) is 11.7 Å². The molecule has 0 fully saturated rings. The summed E-state index contributed by atoms with van der Waals surface area (Å²) in [5.41, 5.74) is 6.52. The van der Waals surface area contributed by atoms with E-state index in [0.717, 1.165) is 5.56 Å². The first-order valence-corrected chi connectivity index (χ1v) is 5.14. The smallest absolute Gasteiger partial charge is 0.151 e. The molecule has 0 aliphatic carbocycles. The average molecular weight is 221 g/mol. The molecule has 88 valence electrons. The molecule has 0 saturated carbocycles. The van der Waals surface area contributed by atoms with E-state index in [1.165, 1.54) is 0 Å². The summed E-state index contributed by atoms with van der Waals surface area (Å²) in [6.45, 7) is 5.89. The lowest BCUT2D eigenvalue weighted by Crippen LogP contribution is -2.31. The summed E-state index contributed by atoms with van der Waals surface area (Å²) in [6.07, 6.45) is -0.576. The summed E-state index contributed by atoms with van der Waals surface area (Å²) < 4.78 is 5.07. The van der Waals surface area contributed by atoms with E-state index in [-0.39, 0.29) is 0 Å². The molecule has 0 atom stereocenters. The van der Waals surface area contributed by atoms with E-state index in [4.69, 9.17) is 10.5 Å². The number of hydrogen-bond donors (Lipinski definition) is 1. The van der Waals surface area contributed by atoms with Gasteiger partial charge in [-0.15, -0.1) is 0 Å². The van der Waals surface area contributed by atoms with Crippen molar-refractivity contribution in [1.29, 1.82) is 0 Å². The predicted octanol–water partition coefficient (Wildman–Crippen LogP) is 1.31. The normalized spacial score (nSPS) is 12.6. The third-order valence-electron chi connectivity index (χ3n) is 1.79. The van der Waals surface area contributed by atoms with Crippen molar-refractivity contribution in [2.45, 2.75) is 32.9 Å². The van der Waals surface area contributed by atoms with Gasteiger partial charge in [-0.2, -0.15) is 0 Å². The van der Waals surface area contributed by atoms with Crippen LogP contribution in [0.2, 0.25) is 0 Å². The first-order valence-electron chi connectivity index (χ1n) is 5.14. The molecule has 0 unspecified atom stereocenters. The zero-order valence-corrected chi connectivity index (χ0v) is 9.86. The molecule has 0 aliphatic heterocycles. The molecule has 1 aromatic rings. The van der Waals surface area contributed by atoms with Gasteiger partial charge in [0.05, 0.1) is 5.69 Å². The van der Waals surface area contributed by atoms with Crippen molar-refractivity contribution >= 4 is 11.8 Å². The van der Waals surface area contributed by atoms with Crippen LogP contribution in [0.5, 0.6) is 0 Å². The van der Waals surface area contributed by atoms with Gasteiger partial charge in [0.15, 0.2) is 6.08 Å². The summed E-state index contributed by atoms with van der Waals surface area (Å²) in [5.74, 6) is 0. The van der Waals surface area contributed by atoms with Crippen LogP contribution in [0, 0.1) is 0 Å². The van der Waals surface area contributed by atoms with Gasteiger partial charge >= 0.3 is 0 Å². The number of aliphatic imine (C=N–C) groups is 1. The molecule has 1 rings (SSSR count). The van der Waals surface area contributed by atoms with E-state index in [9.17, 15) is 5.11 Å². The fourth-order valence-corrected chi connectivity index (χ4v) is 1.10. The molecule has 0 bridgehead atoms. The van der Waals surface area contributed by atoms with Gasteiger partial charge in [0.25, 0.3) is 0 Å². The summed E-state index contributed by atoms with van der Waals surface area (Å²) in [5, 5.41) is 11.4. The molecule has 0 heterocycles. The van der Waals surface area contributed by atoms with Gasteiger partial charge in [0.2, 0.25) is 0 Å². The van der Waals surface area contributed by atoms with Crippen molar-refractivity contribution < 1.29 is 9.84 Å². The lowest BCUT2D eigenvalue weighted by molar-refractivity contribution is -0.259. The molecule has 1 aromatic carbocycles. The highest BCUT2D eigenvalue weighted by molar-refractivity contribution is 5.67. The van der Waals surface area contributed by atoms with Crippen LogP contribution in [0.25, 0.3) is 0 Å². The molecule has 0 saturated heterocycles. The Morgan fingerprint density at radius 3 is 2.31 bits per heavy atom. The van der Waals surface area contributed by atoms with Crippen LogP contribution in [-0.2, 0) is 11.3 Å². The Kier molecular flexibility index (Phi) is 3.90. The maximum atomic E-state index is 11.4. The van der Waals surface area contributed by atoms with Crippen molar-refractivity contribution in [3.63, 3.8) is 0 Å². The number of hydrogen-bond acceptors (Lipinski definition) is 4. The minimum Gasteiger partial charge on any atom is -0.594 e. The Hall–Kier alpha value is -1.55. The molecule has 0 amide bonds. The van der Waals surface area contributed by atoms with E-state index < -0.39 is 11.7 Å². The number of nitrogens with zero attached hydrogens (tertiary/aromatic N) is 1. The molecule has 0 spiro atoms. The third-order valence-corrected chi connectivity index (χ3v) is 1.79. The maximum absolute atomic E-state index is 11.4. The van der Waals surface area contributed by atoms with Crippen molar-refractivity contribution in [3.05, 3.63) is 29.8 Å². The van der Waals surface area contributed by atoms with E-state index in [1.54, 1.807) is 32.9 Å². The zero-order valence-electron chi connectivity index (χ0n) is 9.86. The van der Waals surface area contributed by atoms with E-state index in [0.29, 0.717) is 12.2 Å². The maximum Gasteiger partial charge on any atom is 0.151 e. The minimum atomic E-state index is -0.576. The van der Waals surface area contributed by atoms with Gasteiger partial charge in [-0.25, -0.2) is 4.99 Å². The molecule has 0 aromatic heterocycles. The van der Waals surface area contributed by atoms with Gasteiger partial charge in [-0.3, -0.25) is 0 Å². The second-order valence-corrected chi connectivity index (χ2v) is 4.46.